The minimum Gasteiger partial charge on any atom is -0.310 e. The topological polar surface area (TPSA) is 140 Å². The summed E-state index contributed by atoms with van der Waals surface area (Å²) >= 11 is 0. The van der Waals surface area contributed by atoms with Crippen molar-refractivity contribution < 1.29 is 8.42 Å². The molecule has 52 heavy (non-hydrogen) atoms. The molecule has 4 heterocycles. The lowest BCUT2D eigenvalue weighted by atomic mass is 10.2. The average molecular weight is 723 g/mol. The zero-order valence-corrected chi connectivity index (χ0v) is 30.5. The zero-order valence-electron chi connectivity index (χ0n) is 29.6. The minimum absolute atomic E-state index is 0.284. The number of hydrogen-bond acceptors (Lipinski definition) is 11. The highest BCUT2D eigenvalue weighted by Gasteiger charge is 2.24. The summed E-state index contributed by atoms with van der Waals surface area (Å²) in [7, 11) is -3.75. The average Bonchev–Trinajstić information content (AvgIpc) is 3.19. The molecule has 4 N–H and O–H groups in total. The van der Waals surface area contributed by atoms with Gasteiger partial charge in [0, 0.05) is 110 Å². The van der Waals surface area contributed by atoms with Crippen molar-refractivity contribution in [1.29, 1.82) is 0 Å². The van der Waals surface area contributed by atoms with E-state index < -0.39 is 10.0 Å². The Labute approximate surface area is 308 Å². The molecule has 0 radical (unpaired) electrons. The number of benzene rings is 1. The van der Waals surface area contributed by atoms with E-state index in [2.05, 4.69) is 46.1 Å². The second-order valence-corrected chi connectivity index (χ2v) is 14.3. The molecule has 0 amide bonds. The van der Waals surface area contributed by atoms with Crippen molar-refractivity contribution in [3.63, 3.8) is 0 Å². The van der Waals surface area contributed by atoms with Gasteiger partial charge in [0.2, 0.25) is 10.0 Å². The van der Waals surface area contributed by atoms with Crippen LogP contribution in [0.5, 0.6) is 0 Å². The Morgan fingerprint density at radius 3 is 1.17 bits per heavy atom. The molecule has 0 bridgehead atoms. The van der Waals surface area contributed by atoms with E-state index in [-0.39, 0.29) is 4.90 Å². The fourth-order valence-corrected chi connectivity index (χ4v) is 7.00. The van der Waals surface area contributed by atoms with Gasteiger partial charge in [-0.15, -0.1) is 0 Å². The van der Waals surface area contributed by atoms with Crippen LogP contribution in [0.2, 0.25) is 0 Å². The van der Waals surface area contributed by atoms with Gasteiger partial charge in [0.15, 0.2) is 0 Å². The van der Waals surface area contributed by atoms with Crippen LogP contribution in [0.15, 0.2) is 127 Å². The van der Waals surface area contributed by atoms with Gasteiger partial charge in [-0.2, -0.15) is 4.31 Å². The van der Waals surface area contributed by atoms with Gasteiger partial charge in [0.25, 0.3) is 0 Å². The third-order valence-corrected chi connectivity index (χ3v) is 10.3. The predicted molar refractivity (Wildman–Crippen MR) is 204 cm³/mol. The molecule has 5 rings (SSSR count). The molecule has 0 spiro atoms. The predicted octanol–water partition coefficient (Wildman–Crippen LogP) is 3.22. The Kier molecular flexibility index (Phi) is 16.2. The maximum Gasteiger partial charge on any atom is 0.243 e. The fraction of sp³-hybridized carbons (Fsp3) is 0.333. The summed E-state index contributed by atoms with van der Waals surface area (Å²) in [4.78, 5) is 20.2. The Balaban J connectivity index is 1.18. The molecule has 0 saturated heterocycles. The van der Waals surface area contributed by atoms with Gasteiger partial charge in [0.05, 0.1) is 27.7 Å². The molecule has 5 aromatic rings. The molecule has 0 fully saturated rings. The van der Waals surface area contributed by atoms with Gasteiger partial charge in [-0.25, -0.2) is 8.42 Å². The lowest BCUT2D eigenvalue weighted by molar-refractivity contribution is 0.263. The van der Waals surface area contributed by atoms with Crippen molar-refractivity contribution in [3.05, 3.63) is 150 Å². The highest BCUT2D eigenvalue weighted by Crippen LogP contribution is 2.17. The molecule has 12 nitrogen and oxygen atoms in total. The van der Waals surface area contributed by atoms with Crippen LogP contribution in [0, 0.1) is 0 Å². The lowest BCUT2D eigenvalue weighted by Crippen LogP contribution is -2.40. The molecule has 0 saturated carbocycles. The van der Waals surface area contributed by atoms with Gasteiger partial charge in [0.1, 0.15) is 0 Å². The van der Waals surface area contributed by atoms with E-state index in [1.165, 1.54) is 0 Å². The number of sulfonamides is 1. The van der Waals surface area contributed by atoms with Gasteiger partial charge < -0.3 is 21.3 Å². The molecular formula is C39H50N10O2S. The molecular weight excluding hydrogens is 673 g/mol. The van der Waals surface area contributed by atoms with Crippen molar-refractivity contribution in [3.8, 4) is 0 Å². The van der Waals surface area contributed by atoms with E-state index in [4.69, 9.17) is 0 Å². The zero-order chi connectivity index (χ0) is 36.1. The first-order valence-electron chi connectivity index (χ1n) is 17.8. The lowest BCUT2D eigenvalue weighted by Gasteiger charge is -2.24. The smallest absolute Gasteiger partial charge is 0.243 e. The van der Waals surface area contributed by atoms with Crippen LogP contribution in [0.4, 0.5) is 0 Å². The molecule has 4 aromatic heterocycles. The van der Waals surface area contributed by atoms with Crippen molar-refractivity contribution in [1.82, 2.24) is 50.4 Å². The summed E-state index contributed by atoms with van der Waals surface area (Å²) in [5, 5.41) is 13.7. The summed E-state index contributed by atoms with van der Waals surface area (Å²) < 4.78 is 29.5. The number of pyridine rings is 4. The number of nitrogens with one attached hydrogen (secondary N) is 4. The van der Waals surface area contributed by atoms with Gasteiger partial charge in [-0.3, -0.25) is 24.8 Å². The SMILES string of the molecule is O=S(=O)(c1ccc(CN(CCNCc2ccccn2)CCNCc2ccccn2)cc1)N(CCNCc1ccccn1)CCNCc1ccccn1. The van der Waals surface area contributed by atoms with Crippen LogP contribution in [-0.4, -0.2) is 89.9 Å². The van der Waals surface area contributed by atoms with Crippen LogP contribution in [0.3, 0.4) is 0 Å². The van der Waals surface area contributed by atoms with Crippen LogP contribution >= 0.6 is 0 Å². The number of hydrogen-bond donors (Lipinski definition) is 4. The van der Waals surface area contributed by atoms with Crippen molar-refractivity contribution >= 4 is 10.0 Å². The molecule has 0 unspecified atom stereocenters. The van der Waals surface area contributed by atoms with Crippen molar-refractivity contribution in [2.75, 3.05) is 52.4 Å². The number of nitrogens with zero attached hydrogens (tertiary/aromatic N) is 6. The summed E-state index contributed by atoms with van der Waals surface area (Å²) in [6.45, 7) is 8.09. The maximum atomic E-state index is 14.0. The standard InChI is InChI=1S/C39H50N10O2S/c50-52(51,49(27-23-42-31-37-11-3-7-19-46-37)28-24-43-32-38-12-4-8-20-47-38)39-15-13-34(14-16-39)33-48(25-21-40-29-35-9-1-5-17-44-35)26-22-41-30-36-10-2-6-18-45-36/h1-20,40-43H,21-33H2. The van der Waals surface area contributed by atoms with Gasteiger partial charge in [-0.1, -0.05) is 36.4 Å². The highest BCUT2D eigenvalue weighted by atomic mass is 32.2. The van der Waals surface area contributed by atoms with Crippen LogP contribution in [-0.2, 0) is 42.7 Å². The van der Waals surface area contributed by atoms with Crippen molar-refractivity contribution in [2.24, 2.45) is 0 Å². The summed E-state index contributed by atoms with van der Waals surface area (Å²) in [6.07, 6.45) is 7.12. The number of rotatable bonds is 24. The largest absolute Gasteiger partial charge is 0.310 e. The van der Waals surface area contributed by atoms with E-state index in [9.17, 15) is 8.42 Å². The van der Waals surface area contributed by atoms with E-state index in [0.717, 1.165) is 54.5 Å². The van der Waals surface area contributed by atoms with E-state index >= 15 is 0 Å². The summed E-state index contributed by atoms with van der Waals surface area (Å²) in [5.74, 6) is 0. The molecule has 0 aliphatic rings. The Hall–Kier alpha value is -4.47. The maximum absolute atomic E-state index is 14.0. The first-order chi connectivity index (χ1) is 25.6. The summed E-state index contributed by atoms with van der Waals surface area (Å²) in [5.41, 5.74) is 4.88. The first kappa shape index (κ1) is 38.8. The Bertz CT molecular complexity index is 1690. The summed E-state index contributed by atoms with van der Waals surface area (Å²) in [6, 6.07) is 30.7. The van der Waals surface area contributed by atoms with Crippen molar-refractivity contribution in [2.45, 2.75) is 37.6 Å². The molecule has 274 valence electrons. The van der Waals surface area contributed by atoms with Crippen LogP contribution in [0.1, 0.15) is 28.3 Å². The second kappa shape index (κ2) is 21.8. The molecule has 0 atom stereocenters. The highest BCUT2D eigenvalue weighted by molar-refractivity contribution is 7.89. The van der Waals surface area contributed by atoms with E-state index in [0.29, 0.717) is 58.9 Å². The normalized spacial score (nSPS) is 11.7. The third kappa shape index (κ3) is 13.6. The van der Waals surface area contributed by atoms with Crippen LogP contribution in [0.25, 0.3) is 0 Å². The van der Waals surface area contributed by atoms with Gasteiger partial charge >= 0.3 is 0 Å². The Morgan fingerprint density at radius 2 is 0.827 bits per heavy atom. The first-order valence-corrected chi connectivity index (χ1v) is 19.2. The van der Waals surface area contributed by atoms with E-state index in [1.54, 1.807) is 41.2 Å². The van der Waals surface area contributed by atoms with E-state index in [1.807, 2.05) is 84.9 Å². The van der Waals surface area contributed by atoms with Crippen LogP contribution < -0.4 is 21.3 Å². The molecule has 13 heteroatoms. The monoisotopic (exact) mass is 722 g/mol. The fourth-order valence-electron chi connectivity index (χ4n) is 5.55. The third-order valence-electron chi connectivity index (χ3n) is 8.38. The Morgan fingerprint density at radius 1 is 0.462 bits per heavy atom. The number of aromatic nitrogens is 4. The van der Waals surface area contributed by atoms with Gasteiger partial charge in [-0.05, 0) is 66.2 Å². The molecule has 0 aliphatic carbocycles. The molecule has 1 aromatic carbocycles. The minimum atomic E-state index is -3.75. The second-order valence-electron chi connectivity index (χ2n) is 12.3. The molecule has 0 aliphatic heterocycles. The quantitative estimate of drug-likeness (QED) is 0.0699.